The van der Waals surface area contributed by atoms with Gasteiger partial charge in [0.1, 0.15) is 0 Å². The summed E-state index contributed by atoms with van der Waals surface area (Å²) in [7, 11) is 0. The van der Waals surface area contributed by atoms with Crippen molar-refractivity contribution in [1.82, 2.24) is 4.90 Å². The first-order valence-corrected chi connectivity index (χ1v) is 6.08. The molecule has 0 radical (unpaired) electrons. The van der Waals surface area contributed by atoms with Gasteiger partial charge >= 0.3 is 0 Å². The van der Waals surface area contributed by atoms with Gasteiger partial charge in [0.15, 0.2) is 0 Å². The fourth-order valence-corrected chi connectivity index (χ4v) is 2.71. The Morgan fingerprint density at radius 2 is 2.43 bits per heavy atom. The standard InChI is InChI=1S/C11H17NOS/c1-9-4-5-10(13)7-12(9)8-11-3-2-6-14-11/h2-3,6,9-10,13H,4-5,7-8H2,1H3. The monoisotopic (exact) mass is 211 g/mol. The third-order valence-electron chi connectivity index (χ3n) is 2.93. The van der Waals surface area contributed by atoms with Crippen LogP contribution in [0.25, 0.3) is 0 Å². The van der Waals surface area contributed by atoms with Crippen molar-refractivity contribution in [3.63, 3.8) is 0 Å². The van der Waals surface area contributed by atoms with Crippen LogP contribution in [0.4, 0.5) is 0 Å². The van der Waals surface area contributed by atoms with E-state index in [1.54, 1.807) is 11.3 Å². The average molecular weight is 211 g/mol. The molecule has 1 saturated heterocycles. The summed E-state index contributed by atoms with van der Waals surface area (Å²) in [5, 5.41) is 11.7. The molecule has 2 heterocycles. The summed E-state index contributed by atoms with van der Waals surface area (Å²) in [6, 6.07) is 4.86. The van der Waals surface area contributed by atoms with E-state index in [0.717, 1.165) is 25.9 Å². The molecule has 1 aliphatic rings. The third-order valence-corrected chi connectivity index (χ3v) is 3.79. The lowest BCUT2D eigenvalue weighted by Crippen LogP contribution is -2.43. The van der Waals surface area contributed by atoms with Crippen molar-refractivity contribution in [2.24, 2.45) is 0 Å². The molecular weight excluding hydrogens is 194 g/mol. The van der Waals surface area contributed by atoms with Crippen molar-refractivity contribution in [3.8, 4) is 0 Å². The van der Waals surface area contributed by atoms with E-state index < -0.39 is 0 Å². The highest BCUT2D eigenvalue weighted by atomic mass is 32.1. The van der Waals surface area contributed by atoms with E-state index in [1.165, 1.54) is 4.88 Å². The molecule has 1 aromatic rings. The second kappa shape index (κ2) is 4.43. The minimum absolute atomic E-state index is 0.119. The van der Waals surface area contributed by atoms with Crippen LogP contribution in [0.3, 0.4) is 0 Å². The molecule has 2 rings (SSSR count). The molecular formula is C11H17NOS. The zero-order chi connectivity index (χ0) is 9.97. The van der Waals surface area contributed by atoms with Gasteiger partial charge in [-0.15, -0.1) is 11.3 Å². The lowest BCUT2D eigenvalue weighted by atomic mass is 10.0. The molecule has 1 fully saturated rings. The van der Waals surface area contributed by atoms with Crippen molar-refractivity contribution in [3.05, 3.63) is 22.4 Å². The number of nitrogens with zero attached hydrogens (tertiary/aromatic N) is 1. The van der Waals surface area contributed by atoms with Crippen LogP contribution in [0, 0.1) is 0 Å². The Hall–Kier alpha value is -0.380. The summed E-state index contributed by atoms with van der Waals surface area (Å²) in [4.78, 5) is 3.77. The van der Waals surface area contributed by atoms with Gasteiger partial charge in [0.05, 0.1) is 6.10 Å². The fourth-order valence-electron chi connectivity index (χ4n) is 1.98. The Morgan fingerprint density at radius 3 is 3.14 bits per heavy atom. The second-order valence-electron chi connectivity index (χ2n) is 4.09. The molecule has 78 valence electrons. The van der Waals surface area contributed by atoms with Gasteiger partial charge in [-0.3, -0.25) is 4.90 Å². The highest BCUT2D eigenvalue weighted by molar-refractivity contribution is 7.09. The summed E-state index contributed by atoms with van der Waals surface area (Å²) in [5.41, 5.74) is 0. The summed E-state index contributed by atoms with van der Waals surface area (Å²) in [5.74, 6) is 0. The van der Waals surface area contributed by atoms with E-state index in [9.17, 15) is 5.11 Å². The van der Waals surface area contributed by atoms with Gasteiger partial charge < -0.3 is 5.11 Å². The maximum absolute atomic E-state index is 9.59. The highest BCUT2D eigenvalue weighted by Gasteiger charge is 2.23. The first-order chi connectivity index (χ1) is 6.75. The first kappa shape index (κ1) is 10.1. The van der Waals surface area contributed by atoms with Gasteiger partial charge in [-0.1, -0.05) is 6.07 Å². The molecule has 0 bridgehead atoms. The van der Waals surface area contributed by atoms with Crippen LogP contribution < -0.4 is 0 Å². The van der Waals surface area contributed by atoms with Crippen molar-refractivity contribution >= 4 is 11.3 Å². The van der Waals surface area contributed by atoms with Crippen LogP contribution in [-0.4, -0.2) is 28.7 Å². The number of piperidine rings is 1. The number of thiophene rings is 1. The molecule has 0 saturated carbocycles. The van der Waals surface area contributed by atoms with Gasteiger partial charge in [-0.05, 0) is 31.2 Å². The van der Waals surface area contributed by atoms with Gasteiger partial charge in [-0.25, -0.2) is 0 Å². The van der Waals surface area contributed by atoms with Gasteiger partial charge in [0.25, 0.3) is 0 Å². The quantitative estimate of drug-likeness (QED) is 0.809. The number of rotatable bonds is 2. The molecule has 3 heteroatoms. The Kier molecular flexibility index (Phi) is 3.21. The summed E-state index contributed by atoms with van der Waals surface area (Å²) < 4.78 is 0. The Balaban J connectivity index is 1.95. The summed E-state index contributed by atoms with van der Waals surface area (Å²) in [6.07, 6.45) is 1.96. The molecule has 0 spiro atoms. The van der Waals surface area contributed by atoms with Crippen LogP contribution in [0.15, 0.2) is 17.5 Å². The lowest BCUT2D eigenvalue weighted by molar-refractivity contribution is 0.0370. The Morgan fingerprint density at radius 1 is 1.57 bits per heavy atom. The van der Waals surface area contributed by atoms with E-state index in [1.807, 2.05) is 0 Å². The fraction of sp³-hybridized carbons (Fsp3) is 0.636. The minimum atomic E-state index is -0.119. The number of aliphatic hydroxyl groups is 1. The molecule has 2 nitrogen and oxygen atoms in total. The van der Waals surface area contributed by atoms with Crippen LogP contribution in [0.2, 0.25) is 0 Å². The van der Waals surface area contributed by atoms with E-state index in [0.29, 0.717) is 6.04 Å². The molecule has 0 aliphatic carbocycles. The molecule has 2 atom stereocenters. The van der Waals surface area contributed by atoms with Crippen LogP contribution >= 0.6 is 11.3 Å². The van der Waals surface area contributed by atoms with Gasteiger partial charge in [-0.2, -0.15) is 0 Å². The average Bonchev–Trinajstić information content (AvgIpc) is 2.64. The Labute approximate surface area is 89.2 Å². The van der Waals surface area contributed by atoms with Gasteiger partial charge in [0.2, 0.25) is 0 Å². The molecule has 2 unspecified atom stereocenters. The minimum Gasteiger partial charge on any atom is -0.392 e. The molecule has 14 heavy (non-hydrogen) atoms. The topological polar surface area (TPSA) is 23.5 Å². The number of aliphatic hydroxyl groups excluding tert-OH is 1. The number of β-amino-alcohol motifs (C(OH)–C–C–N with tert-alkyl or cyclic N) is 1. The molecule has 1 aromatic heterocycles. The summed E-state index contributed by atoms with van der Waals surface area (Å²) in [6.45, 7) is 4.08. The highest BCUT2D eigenvalue weighted by Crippen LogP contribution is 2.21. The number of hydrogen-bond acceptors (Lipinski definition) is 3. The van der Waals surface area contributed by atoms with Crippen molar-refractivity contribution in [1.29, 1.82) is 0 Å². The van der Waals surface area contributed by atoms with Crippen LogP contribution in [0.5, 0.6) is 0 Å². The predicted molar refractivity (Wildman–Crippen MR) is 59.4 cm³/mol. The van der Waals surface area contributed by atoms with Crippen LogP contribution in [0.1, 0.15) is 24.6 Å². The smallest absolute Gasteiger partial charge is 0.0668 e. The number of hydrogen-bond donors (Lipinski definition) is 1. The van der Waals surface area contributed by atoms with E-state index in [4.69, 9.17) is 0 Å². The largest absolute Gasteiger partial charge is 0.392 e. The van der Waals surface area contributed by atoms with Crippen molar-refractivity contribution in [2.75, 3.05) is 6.54 Å². The maximum Gasteiger partial charge on any atom is 0.0668 e. The predicted octanol–water partition coefficient (Wildman–Crippen LogP) is 2.09. The Bertz CT molecular complexity index is 273. The molecule has 1 aliphatic heterocycles. The van der Waals surface area contributed by atoms with Crippen molar-refractivity contribution < 1.29 is 5.11 Å². The normalized spacial score (nSPS) is 29.3. The van der Waals surface area contributed by atoms with Crippen LogP contribution in [-0.2, 0) is 6.54 Å². The van der Waals surface area contributed by atoms with Crippen molar-refractivity contribution in [2.45, 2.75) is 38.5 Å². The molecule has 0 amide bonds. The lowest BCUT2D eigenvalue weighted by Gasteiger charge is -2.35. The third kappa shape index (κ3) is 2.35. The van der Waals surface area contributed by atoms with E-state index in [-0.39, 0.29) is 6.10 Å². The van der Waals surface area contributed by atoms with E-state index >= 15 is 0 Å². The molecule has 0 aromatic carbocycles. The zero-order valence-corrected chi connectivity index (χ0v) is 9.33. The second-order valence-corrected chi connectivity index (χ2v) is 5.12. The first-order valence-electron chi connectivity index (χ1n) is 5.20. The maximum atomic E-state index is 9.59. The number of likely N-dealkylation sites (tertiary alicyclic amines) is 1. The summed E-state index contributed by atoms with van der Waals surface area (Å²) >= 11 is 1.80. The SMILES string of the molecule is CC1CCC(O)CN1Cc1cccs1. The molecule has 1 N–H and O–H groups in total. The van der Waals surface area contributed by atoms with Gasteiger partial charge in [0, 0.05) is 24.0 Å². The van der Waals surface area contributed by atoms with E-state index in [2.05, 4.69) is 29.3 Å². The zero-order valence-electron chi connectivity index (χ0n) is 8.52.